The van der Waals surface area contributed by atoms with E-state index in [1.54, 1.807) is 0 Å². The van der Waals surface area contributed by atoms with Gasteiger partial charge in [-0.25, -0.2) is 19.6 Å². The molecular weight excluding hydrogens is 250 g/mol. The quantitative estimate of drug-likeness (QED) is 0.715. The first kappa shape index (κ1) is 11.6. The van der Waals surface area contributed by atoms with E-state index in [0.29, 0.717) is 11.3 Å². The molecule has 1 amide bonds. The number of aromatic nitrogens is 2. The van der Waals surface area contributed by atoms with E-state index >= 15 is 0 Å². The summed E-state index contributed by atoms with van der Waals surface area (Å²) in [5.41, 5.74) is 0.948. The molecule has 8 heteroatoms. The highest BCUT2D eigenvalue weighted by molar-refractivity contribution is 6.30. The lowest BCUT2D eigenvalue weighted by molar-refractivity contribution is -0.143. The van der Waals surface area contributed by atoms with Crippen molar-refractivity contribution in [2.24, 2.45) is 0 Å². The van der Waals surface area contributed by atoms with Gasteiger partial charge in [0.05, 0.1) is 12.2 Å². The van der Waals surface area contributed by atoms with Crippen molar-refractivity contribution >= 4 is 23.7 Å². The van der Waals surface area contributed by atoms with Crippen LogP contribution in [0.5, 0.6) is 0 Å². The maximum atomic E-state index is 11.0. The average molecular weight is 258 g/mol. The Balaban J connectivity index is 2.43. The van der Waals surface area contributed by atoms with Crippen molar-refractivity contribution in [2.75, 3.05) is 0 Å². The fraction of sp³-hybridized carbons (Fsp3) is 0.333. The van der Waals surface area contributed by atoms with Crippen molar-refractivity contribution < 1.29 is 19.8 Å². The summed E-state index contributed by atoms with van der Waals surface area (Å²) in [4.78, 5) is 30.4. The second kappa shape index (κ2) is 4.17. The van der Waals surface area contributed by atoms with Gasteiger partial charge >= 0.3 is 12.1 Å². The molecule has 0 fully saturated rings. The monoisotopic (exact) mass is 257 g/mol. The first-order valence-corrected chi connectivity index (χ1v) is 5.09. The van der Waals surface area contributed by atoms with E-state index < -0.39 is 18.1 Å². The van der Waals surface area contributed by atoms with Crippen LogP contribution in [0.2, 0.25) is 5.15 Å². The predicted molar refractivity (Wildman–Crippen MR) is 55.7 cm³/mol. The molecule has 1 aliphatic heterocycles. The minimum absolute atomic E-state index is 0.0172. The third kappa shape index (κ3) is 2.01. The molecule has 1 aromatic heterocycles. The third-order valence-corrected chi connectivity index (χ3v) is 2.93. The predicted octanol–water partition coefficient (Wildman–Crippen LogP) is 0.619. The maximum absolute atomic E-state index is 11.0. The Morgan fingerprint density at radius 2 is 2.12 bits per heavy atom. The van der Waals surface area contributed by atoms with Crippen LogP contribution in [0.1, 0.15) is 11.3 Å². The Hall–Kier alpha value is -1.89. The Labute approximate surface area is 101 Å². The van der Waals surface area contributed by atoms with E-state index in [2.05, 4.69) is 9.97 Å². The van der Waals surface area contributed by atoms with E-state index in [0.717, 1.165) is 4.90 Å². The first-order chi connectivity index (χ1) is 8.00. The highest BCUT2D eigenvalue weighted by Gasteiger charge is 2.36. The van der Waals surface area contributed by atoms with Crippen LogP contribution >= 0.6 is 11.6 Å². The Morgan fingerprint density at radius 1 is 1.41 bits per heavy atom. The van der Waals surface area contributed by atoms with E-state index in [1.165, 1.54) is 6.33 Å². The summed E-state index contributed by atoms with van der Waals surface area (Å²) in [6, 6.07) is -1.15. The van der Waals surface area contributed by atoms with Gasteiger partial charge in [-0.15, -0.1) is 0 Å². The molecule has 17 heavy (non-hydrogen) atoms. The van der Waals surface area contributed by atoms with Crippen LogP contribution in [0.3, 0.4) is 0 Å². The van der Waals surface area contributed by atoms with Crippen molar-refractivity contribution in [2.45, 2.75) is 19.0 Å². The summed E-state index contributed by atoms with van der Waals surface area (Å²) >= 11 is 5.83. The molecule has 0 saturated heterocycles. The molecule has 1 aromatic rings. The van der Waals surface area contributed by atoms with Crippen molar-refractivity contribution in [3.63, 3.8) is 0 Å². The summed E-state index contributed by atoms with van der Waals surface area (Å²) in [5.74, 6) is -1.21. The zero-order valence-electron chi connectivity index (χ0n) is 8.50. The minimum Gasteiger partial charge on any atom is -0.480 e. The fourth-order valence-electron chi connectivity index (χ4n) is 1.76. The number of hydrogen-bond donors (Lipinski definition) is 2. The number of rotatable bonds is 1. The van der Waals surface area contributed by atoms with Gasteiger partial charge in [0.25, 0.3) is 0 Å². The van der Waals surface area contributed by atoms with E-state index in [9.17, 15) is 9.59 Å². The molecule has 0 radical (unpaired) electrons. The van der Waals surface area contributed by atoms with Gasteiger partial charge in [-0.2, -0.15) is 0 Å². The van der Waals surface area contributed by atoms with Gasteiger partial charge in [-0.1, -0.05) is 11.6 Å². The number of halogens is 1. The van der Waals surface area contributed by atoms with Gasteiger partial charge in [0.1, 0.15) is 17.5 Å². The average Bonchev–Trinajstić information content (AvgIpc) is 2.27. The third-order valence-electron chi connectivity index (χ3n) is 2.61. The van der Waals surface area contributed by atoms with Crippen LogP contribution in [0.25, 0.3) is 0 Å². The van der Waals surface area contributed by atoms with Crippen LogP contribution in [-0.4, -0.2) is 43.2 Å². The number of carbonyl (C=O) groups is 2. The SMILES string of the molecule is O=C(O)C1Cc2c(Cl)ncnc2CN1C(=O)O. The number of amides is 1. The largest absolute Gasteiger partial charge is 0.480 e. The summed E-state index contributed by atoms with van der Waals surface area (Å²) in [6.07, 6.45) is -0.0864. The minimum atomic E-state index is -1.29. The molecule has 0 aliphatic carbocycles. The molecule has 2 rings (SSSR count). The van der Waals surface area contributed by atoms with E-state index in [1.807, 2.05) is 0 Å². The Kier molecular flexibility index (Phi) is 2.84. The van der Waals surface area contributed by atoms with Gasteiger partial charge < -0.3 is 10.2 Å². The van der Waals surface area contributed by atoms with Crippen LogP contribution in [0.4, 0.5) is 4.79 Å². The summed E-state index contributed by atoms with van der Waals surface area (Å²) in [5, 5.41) is 18.1. The molecule has 0 bridgehead atoms. The molecule has 0 aromatic carbocycles. The van der Waals surface area contributed by atoms with Crippen molar-refractivity contribution in [3.05, 3.63) is 22.7 Å². The van der Waals surface area contributed by atoms with E-state index in [-0.39, 0.29) is 18.1 Å². The van der Waals surface area contributed by atoms with Crippen molar-refractivity contribution in [1.82, 2.24) is 14.9 Å². The lowest BCUT2D eigenvalue weighted by Crippen LogP contribution is -2.48. The van der Waals surface area contributed by atoms with Crippen LogP contribution in [0.15, 0.2) is 6.33 Å². The van der Waals surface area contributed by atoms with Crippen molar-refractivity contribution in [1.29, 1.82) is 0 Å². The maximum Gasteiger partial charge on any atom is 0.408 e. The van der Waals surface area contributed by atoms with Crippen molar-refractivity contribution in [3.8, 4) is 0 Å². The molecular formula is C9H8ClN3O4. The lowest BCUT2D eigenvalue weighted by atomic mass is 9.99. The fourth-order valence-corrected chi connectivity index (χ4v) is 1.99. The highest BCUT2D eigenvalue weighted by atomic mass is 35.5. The number of nitrogens with zero attached hydrogens (tertiary/aromatic N) is 3. The van der Waals surface area contributed by atoms with Gasteiger partial charge in [-0.3, -0.25) is 4.90 Å². The van der Waals surface area contributed by atoms with Crippen LogP contribution < -0.4 is 0 Å². The van der Waals surface area contributed by atoms with Gasteiger partial charge in [0.15, 0.2) is 0 Å². The Bertz CT molecular complexity index is 493. The summed E-state index contributed by atoms with van der Waals surface area (Å²) in [6.45, 7) is -0.0934. The zero-order valence-corrected chi connectivity index (χ0v) is 9.26. The van der Waals surface area contributed by atoms with Crippen LogP contribution in [-0.2, 0) is 17.8 Å². The second-order valence-electron chi connectivity index (χ2n) is 3.56. The number of fused-ring (bicyclic) bond motifs is 1. The van der Waals surface area contributed by atoms with Gasteiger partial charge in [0.2, 0.25) is 0 Å². The molecule has 1 unspecified atom stereocenters. The molecule has 1 atom stereocenters. The van der Waals surface area contributed by atoms with Gasteiger partial charge in [0, 0.05) is 12.0 Å². The molecule has 1 aliphatic rings. The summed E-state index contributed by atoms with van der Waals surface area (Å²) < 4.78 is 0. The standard InChI is InChI=1S/C9H8ClN3O4/c10-7-4-1-6(8(14)15)13(9(16)17)2-5(4)11-3-12-7/h3,6H,1-2H2,(H,14,15)(H,16,17). The molecule has 2 heterocycles. The van der Waals surface area contributed by atoms with E-state index in [4.69, 9.17) is 21.8 Å². The first-order valence-electron chi connectivity index (χ1n) is 4.71. The Morgan fingerprint density at radius 3 is 2.71 bits per heavy atom. The summed E-state index contributed by atoms with van der Waals surface area (Å²) in [7, 11) is 0. The topological polar surface area (TPSA) is 104 Å². The van der Waals surface area contributed by atoms with Crippen LogP contribution in [0, 0.1) is 0 Å². The lowest BCUT2D eigenvalue weighted by Gasteiger charge is -2.31. The number of aliphatic carboxylic acids is 1. The molecule has 2 N–H and O–H groups in total. The molecule has 0 spiro atoms. The number of carboxylic acid groups (broad SMARTS) is 2. The molecule has 90 valence electrons. The molecule has 0 saturated carbocycles. The van der Waals surface area contributed by atoms with Gasteiger partial charge in [-0.05, 0) is 0 Å². The molecule has 7 nitrogen and oxygen atoms in total. The number of carboxylic acids is 1. The number of hydrogen-bond acceptors (Lipinski definition) is 4. The zero-order chi connectivity index (χ0) is 12.6. The highest BCUT2D eigenvalue weighted by Crippen LogP contribution is 2.26. The normalized spacial score (nSPS) is 18.6. The smallest absolute Gasteiger partial charge is 0.408 e. The second-order valence-corrected chi connectivity index (χ2v) is 3.92.